The Balaban J connectivity index is 2.37. The van der Waals surface area contributed by atoms with Crippen molar-refractivity contribution < 1.29 is 4.74 Å². The van der Waals surface area contributed by atoms with Crippen LogP contribution >= 0.6 is 15.9 Å². The molecule has 0 N–H and O–H groups in total. The molecule has 3 nitrogen and oxygen atoms in total. The number of alkyl halides is 1. The van der Waals surface area contributed by atoms with Gasteiger partial charge in [-0.05, 0) is 26.8 Å². The van der Waals surface area contributed by atoms with E-state index in [1.807, 2.05) is 0 Å². The van der Waals surface area contributed by atoms with E-state index in [1.165, 1.54) is 13.0 Å². The topological polar surface area (TPSA) is 15.7 Å². The Morgan fingerprint density at radius 1 is 1.41 bits per heavy atom. The number of halogens is 1. The fraction of sp³-hybridized carbons (Fsp3) is 1.00. The summed E-state index contributed by atoms with van der Waals surface area (Å²) in [6.45, 7) is 13.2. The van der Waals surface area contributed by atoms with Gasteiger partial charge in [0.1, 0.15) is 0 Å². The van der Waals surface area contributed by atoms with Gasteiger partial charge < -0.3 is 4.74 Å². The van der Waals surface area contributed by atoms with Crippen LogP contribution in [0.2, 0.25) is 0 Å². The molecule has 102 valence electrons. The minimum atomic E-state index is 0.386. The van der Waals surface area contributed by atoms with Crippen LogP contribution in [0.25, 0.3) is 0 Å². The molecule has 4 heteroatoms. The van der Waals surface area contributed by atoms with Gasteiger partial charge in [0.15, 0.2) is 0 Å². The Morgan fingerprint density at radius 2 is 2.18 bits per heavy atom. The highest BCUT2D eigenvalue weighted by atomic mass is 79.9. The van der Waals surface area contributed by atoms with E-state index in [9.17, 15) is 0 Å². The molecule has 0 aliphatic carbocycles. The van der Waals surface area contributed by atoms with Gasteiger partial charge in [-0.2, -0.15) is 0 Å². The van der Waals surface area contributed by atoms with Crippen LogP contribution in [0, 0.1) is 0 Å². The summed E-state index contributed by atoms with van der Waals surface area (Å²) in [6, 6.07) is 0.636. The van der Waals surface area contributed by atoms with Crippen molar-refractivity contribution in [3.63, 3.8) is 0 Å². The number of rotatable bonds is 7. The van der Waals surface area contributed by atoms with E-state index in [-0.39, 0.29) is 0 Å². The minimum Gasteiger partial charge on any atom is -0.374 e. The Hall–Kier alpha value is 0.360. The first kappa shape index (κ1) is 15.4. The van der Waals surface area contributed by atoms with Crippen molar-refractivity contribution in [2.45, 2.75) is 39.3 Å². The summed E-state index contributed by atoms with van der Waals surface area (Å²) < 4.78 is 5.88. The van der Waals surface area contributed by atoms with Gasteiger partial charge in [0, 0.05) is 37.6 Å². The smallest absolute Gasteiger partial charge is 0.0829 e. The molecule has 0 saturated carbocycles. The van der Waals surface area contributed by atoms with Gasteiger partial charge in [0.25, 0.3) is 0 Å². The van der Waals surface area contributed by atoms with E-state index in [1.54, 1.807) is 0 Å². The maximum atomic E-state index is 5.88. The van der Waals surface area contributed by atoms with Crippen LogP contribution in [-0.2, 0) is 4.74 Å². The minimum absolute atomic E-state index is 0.386. The second-order valence-electron chi connectivity index (χ2n) is 5.07. The van der Waals surface area contributed by atoms with E-state index in [0.29, 0.717) is 12.1 Å². The molecule has 17 heavy (non-hydrogen) atoms. The molecule has 1 aliphatic rings. The lowest BCUT2D eigenvalue weighted by Crippen LogP contribution is -2.50. The molecule has 1 rings (SSSR count). The number of hydrogen-bond acceptors (Lipinski definition) is 3. The summed E-state index contributed by atoms with van der Waals surface area (Å²) >= 11 is 3.53. The van der Waals surface area contributed by atoms with Crippen molar-refractivity contribution in [3.8, 4) is 0 Å². The Kier molecular flexibility index (Phi) is 7.67. The summed E-state index contributed by atoms with van der Waals surface area (Å²) in [7, 11) is 0. The average Bonchev–Trinajstić information content (AvgIpc) is 2.30. The van der Waals surface area contributed by atoms with Gasteiger partial charge in [-0.25, -0.2) is 0 Å². The van der Waals surface area contributed by atoms with E-state index in [4.69, 9.17) is 4.74 Å². The van der Waals surface area contributed by atoms with Gasteiger partial charge in [-0.1, -0.05) is 22.9 Å². The summed E-state index contributed by atoms with van der Waals surface area (Å²) in [5.41, 5.74) is 0. The first-order chi connectivity index (χ1) is 8.17. The zero-order valence-corrected chi connectivity index (χ0v) is 13.1. The monoisotopic (exact) mass is 306 g/mol. The number of nitrogens with zero attached hydrogens (tertiary/aromatic N) is 2. The number of morpholine rings is 1. The molecule has 0 aromatic carbocycles. The molecule has 1 aliphatic heterocycles. The lowest BCUT2D eigenvalue weighted by atomic mass is 10.2. The first-order valence-electron chi connectivity index (χ1n) is 6.81. The largest absolute Gasteiger partial charge is 0.374 e. The zero-order valence-electron chi connectivity index (χ0n) is 11.5. The van der Waals surface area contributed by atoms with Crippen LogP contribution in [0.15, 0.2) is 0 Å². The predicted molar refractivity (Wildman–Crippen MR) is 77.0 cm³/mol. The van der Waals surface area contributed by atoms with Crippen LogP contribution in [0.4, 0.5) is 0 Å². The van der Waals surface area contributed by atoms with Crippen LogP contribution < -0.4 is 0 Å². The third-order valence-electron chi connectivity index (χ3n) is 3.30. The summed E-state index contributed by atoms with van der Waals surface area (Å²) in [5, 5.41) is 1.05. The average molecular weight is 307 g/mol. The zero-order chi connectivity index (χ0) is 12.7. The summed E-state index contributed by atoms with van der Waals surface area (Å²) in [5.74, 6) is 0. The fourth-order valence-electron chi connectivity index (χ4n) is 2.34. The fourth-order valence-corrected chi connectivity index (χ4v) is 2.84. The highest BCUT2D eigenvalue weighted by Crippen LogP contribution is 2.10. The lowest BCUT2D eigenvalue weighted by molar-refractivity contribution is -0.0514. The maximum absolute atomic E-state index is 5.88. The van der Waals surface area contributed by atoms with Crippen LogP contribution in [-0.4, -0.2) is 66.6 Å². The van der Waals surface area contributed by atoms with Gasteiger partial charge in [-0.15, -0.1) is 0 Å². The number of hydrogen-bond donors (Lipinski definition) is 0. The molecule has 1 fully saturated rings. The standard InChI is InChI=1S/C13H27BrN2O/c1-4-6-15(7-5-14)10-13-11-16(12(2)3)8-9-17-13/h12-13H,4-11H2,1-3H3. The van der Waals surface area contributed by atoms with Crippen molar-refractivity contribution >= 4 is 15.9 Å². The maximum Gasteiger partial charge on any atom is 0.0829 e. The summed E-state index contributed by atoms with van der Waals surface area (Å²) in [4.78, 5) is 5.02. The van der Waals surface area contributed by atoms with Crippen LogP contribution in [0.1, 0.15) is 27.2 Å². The predicted octanol–water partition coefficient (Wildman–Crippen LogP) is 2.20. The highest BCUT2D eigenvalue weighted by Gasteiger charge is 2.23. The Labute approximate surface area is 115 Å². The first-order valence-corrected chi connectivity index (χ1v) is 7.93. The molecule has 0 spiro atoms. The van der Waals surface area contributed by atoms with Gasteiger partial charge in [-0.3, -0.25) is 9.80 Å². The SMILES string of the molecule is CCCN(CCBr)CC1CN(C(C)C)CCO1. The van der Waals surface area contributed by atoms with E-state index in [0.717, 1.165) is 38.1 Å². The second kappa shape index (κ2) is 8.46. The molecule has 0 radical (unpaired) electrons. The lowest BCUT2D eigenvalue weighted by Gasteiger charge is -2.37. The van der Waals surface area contributed by atoms with E-state index < -0.39 is 0 Å². The van der Waals surface area contributed by atoms with E-state index in [2.05, 4.69) is 46.5 Å². The molecule has 1 heterocycles. The normalized spacial score (nSPS) is 22.6. The highest BCUT2D eigenvalue weighted by molar-refractivity contribution is 9.09. The van der Waals surface area contributed by atoms with Crippen molar-refractivity contribution in [3.05, 3.63) is 0 Å². The third kappa shape index (κ3) is 5.69. The van der Waals surface area contributed by atoms with Gasteiger partial charge in [0.2, 0.25) is 0 Å². The number of ether oxygens (including phenoxy) is 1. The van der Waals surface area contributed by atoms with Crippen molar-refractivity contribution in [1.29, 1.82) is 0 Å². The Bertz CT molecular complexity index is 196. The molecule has 1 saturated heterocycles. The molecule has 0 bridgehead atoms. The Morgan fingerprint density at radius 3 is 2.76 bits per heavy atom. The molecule has 1 unspecified atom stereocenters. The van der Waals surface area contributed by atoms with Crippen LogP contribution in [0.3, 0.4) is 0 Å². The third-order valence-corrected chi connectivity index (χ3v) is 3.66. The molecular weight excluding hydrogens is 280 g/mol. The van der Waals surface area contributed by atoms with Gasteiger partial charge in [0.05, 0.1) is 12.7 Å². The van der Waals surface area contributed by atoms with E-state index >= 15 is 0 Å². The van der Waals surface area contributed by atoms with Gasteiger partial charge >= 0.3 is 0 Å². The van der Waals surface area contributed by atoms with Crippen LogP contribution in [0.5, 0.6) is 0 Å². The molecule has 0 aromatic heterocycles. The molecule has 1 atom stereocenters. The van der Waals surface area contributed by atoms with Crippen molar-refractivity contribution in [2.75, 3.05) is 44.7 Å². The van der Waals surface area contributed by atoms with Crippen molar-refractivity contribution in [2.24, 2.45) is 0 Å². The molecular formula is C13H27BrN2O. The second-order valence-corrected chi connectivity index (χ2v) is 5.86. The van der Waals surface area contributed by atoms with Crippen molar-refractivity contribution in [1.82, 2.24) is 9.80 Å². The summed E-state index contributed by atoms with van der Waals surface area (Å²) in [6.07, 6.45) is 1.60. The molecule has 0 amide bonds. The quantitative estimate of drug-likeness (QED) is 0.671. The molecule has 0 aromatic rings.